The van der Waals surface area contributed by atoms with Crippen LogP contribution < -0.4 is 5.32 Å². The van der Waals surface area contributed by atoms with Crippen molar-refractivity contribution in [3.8, 4) is 0 Å². The summed E-state index contributed by atoms with van der Waals surface area (Å²) in [5.74, 6) is -0.243. The highest BCUT2D eigenvalue weighted by atomic mass is 35.5. The average molecular weight is 358 g/mol. The summed E-state index contributed by atoms with van der Waals surface area (Å²) >= 11 is 7.72. The third-order valence-corrected chi connectivity index (χ3v) is 4.81. The van der Waals surface area contributed by atoms with Crippen molar-refractivity contribution < 1.29 is 4.79 Å². The van der Waals surface area contributed by atoms with Gasteiger partial charge in [0.25, 0.3) is 5.91 Å². The molecule has 1 aromatic heterocycles. The summed E-state index contributed by atoms with van der Waals surface area (Å²) in [6.45, 7) is 3.85. The van der Waals surface area contributed by atoms with E-state index in [1.54, 1.807) is 23.9 Å². The molecular formula is C18H16ClN3OS. The fourth-order valence-corrected chi connectivity index (χ4v) is 2.96. The predicted octanol–water partition coefficient (Wildman–Crippen LogP) is 4.87. The van der Waals surface area contributed by atoms with E-state index in [9.17, 15) is 4.79 Å². The minimum Gasteiger partial charge on any atom is -0.322 e. The Hall–Kier alpha value is -2.11. The van der Waals surface area contributed by atoms with E-state index in [1.165, 1.54) is 0 Å². The lowest BCUT2D eigenvalue weighted by atomic mass is 10.2. The molecule has 0 spiro atoms. The van der Waals surface area contributed by atoms with Crippen LogP contribution in [0.1, 0.15) is 21.7 Å². The molecule has 0 atom stereocenters. The fourth-order valence-electron chi connectivity index (χ4n) is 2.31. The summed E-state index contributed by atoms with van der Waals surface area (Å²) in [6.07, 6.45) is 1.96. The zero-order valence-corrected chi connectivity index (χ0v) is 15.1. The molecule has 1 heterocycles. The molecular weight excluding hydrogens is 342 g/mol. The molecule has 1 N–H and O–H groups in total. The standard InChI is InChI=1S/C18H16ClN3OS/c1-10-11(2)21-17-8-12(4-7-16(17)20-10)22-18(23)14-9-13(24-3)5-6-15(14)19/h4-9H,1-3H3,(H,22,23). The van der Waals surface area contributed by atoms with Gasteiger partial charge in [-0.15, -0.1) is 11.8 Å². The van der Waals surface area contributed by atoms with Gasteiger partial charge in [0.2, 0.25) is 0 Å². The SMILES string of the molecule is CSc1ccc(Cl)c(C(=O)Nc2ccc3nc(C)c(C)nc3c2)c1. The Morgan fingerprint density at radius 1 is 1.04 bits per heavy atom. The Kier molecular flexibility index (Phi) is 4.73. The molecule has 122 valence electrons. The maximum atomic E-state index is 12.5. The fraction of sp³-hybridized carbons (Fsp3) is 0.167. The van der Waals surface area contributed by atoms with Crippen LogP contribution in [-0.4, -0.2) is 22.1 Å². The number of aryl methyl sites for hydroxylation is 2. The molecule has 0 saturated heterocycles. The van der Waals surface area contributed by atoms with Crippen LogP contribution in [0.15, 0.2) is 41.3 Å². The smallest absolute Gasteiger partial charge is 0.257 e. The van der Waals surface area contributed by atoms with Gasteiger partial charge < -0.3 is 5.32 Å². The number of nitrogens with one attached hydrogen (secondary N) is 1. The van der Waals surface area contributed by atoms with Crippen LogP contribution in [0, 0.1) is 13.8 Å². The molecule has 0 fully saturated rings. The van der Waals surface area contributed by atoms with Gasteiger partial charge in [-0.1, -0.05) is 11.6 Å². The van der Waals surface area contributed by atoms with Crippen molar-refractivity contribution in [2.24, 2.45) is 0 Å². The first-order valence-corrected chi connectivity index (χ1v) is 8.98. The van der Waals surface area contributed by atoms with Gasteiger partial charge in [-0.2, -0.15) is 0 Å². The van der Waals surface area contributed by atoms with Gasteiger partial charge in [-0.25, -0.2) is 9.97 Å². The Balaban J connectivity index is 1.92. The van der Waals surface area contributed by atoms with Crippen molar-refractivity contribution in [2.45, 2.75) is 18.7 Å². The number of rotatable bonds is 3. The third kappa shape index (κ3) is 3.37. The molecule has 24 heavy (non-hydrogen) atoms. The van der Waals surface area contributed by atoms with Crippen molar-refractivity contribution in [3.63, 3.8) is 0 Å². The number of hydrogen-bond donors (Lipinski definition) is 1. The van der Waals surface area contributed by atoms with Gasteiger partial charge in [-0.05, 0) is 56.5 Å². The second-order valence-electron chi connectivity index (χ2n) is 5.40. The van der Waals surface area contributed by atoms with E-state index < -0.39 is 0 Å². The number of anilines is 1. The van der Waals surface area contributed by atoms with Crippen LogP contribution in [0.3, 0.4) is 0 Å². The van der Waals surface area contributed by atoms with Gasteiger partial charge in [0, 0.05) is 10.6 Å². The van der Waals surface area contributed by atoms with Crippen molar-refractivity contribution in [3.05, 3.63) is 58.4 Å². The maximum Gasteiger partial charge on any atom is 0.257 e. The van der Waals surface area contributed by atoms with Crippen molar-refractivity contribution in [2.75, 3.05) is 11.6 Å². The van der Waals surface area contributed by atoms with Crippen LogP contribution in [0.4, 0.5) is 5.69 Å². The zero-order valence-electron chi connectivity index (χ0n) is 13.6. The second kappa shape index (κ2) is 6.79. The van der Waals surface area contributed by atoms with Gasteiger partial charge in [-0.3, -0.25) is 4.79 Å². The number of amides is 1. The summed E-state index contributed by atoms with van der Waals surface area (Å²) in [5.41, 5.74) is 4.45. The number of benzene rings is 2. The van der Waals surface area contributed by atoms with E-state index in [2.05, 4.69) is 15.3 Å². The number of hydrogen-bond acceptors (Lipinski definition) is 4. The number of carbonyl (C=O) groups excluding carboxylic acids is 1. The van der Waals surface area contributed by atoms with Gasteiger partial charge in [0.1, 0.15) is 0 Å². The first kappa shape index (κ1) is 16.7. The molecule has 0 saturated carbocycles. The van der Waals surface area contributed by atoms with E-state index in [0.29, 0.717) is 16.3 Å². The molecule has 0 unspecified atom stereocenters. The summed E-state index contributed by atoms with van der Waals surface area (Å²) in [5, 5.41) is 3.30. The van der Waals surface area contributed by atoms with Crippen LogP contribution in [-0.2, 0) is 0 Å². The lowest BCUT2D eigenvalue weighted by Gasteiger charge is -2.09. The third-order valence-electron chi connectivity index (χ3n) is 3.75. The molecule has 3 rings (SSSR count). The van der Waals surface area contributed by atoms with E-state index in [-0.39, 0.29) is 5.91 Å². The van der Waals surface area contributed by atoms with E-state index in [0.717, 1.165) is 27.3 Å². The average Bonchev–Trinajstić information content (AvgIpc) is 2.56. The number of nitrogens with zero attached hydrogens (tertiary/aromatic N) is 2. The second-order valence-corrected chi connectivity index (χ2v) is 6.68. The first-order chi connectivity index (χ1) is 11.5. The van der Waals surface area contributed by atoms with Crippen LogP contribution in [0.2, 0.25) is 5.02 Å². The molecule has 0 aliphatic rings. The summed E-state index contributed by atoms with van der Waals surface area (Å²) < 4.78 is 0. The van der Waals surface area contributed by atoms with Crippen molar-refractivity contribution in [1.29, 1.82) is 0 Å². The predicted molar refractivity (Wildman–Crippen MR) is 100 cm³/mol. The Morgan fingerprint density at radius 2 is 1.75 bits per heavy atom. The number of thioether (sulfide) groups is 1. The van der Waals surface area contributed by atoms with Crippen LogP contribution >= 0.6 is 23.4 Å². The van der Waals surface area contributed by atoms with Crippen LogP contribution in [0.25, 0.3) is 11.0 Å². The lowest BCUT2D eigenvalue weighted by molar-refractivity contribution is 0.102. The zero-order chi connectivity index (χ0) is 17.3. The number of halogens is 1. The Bertz CT molecular complexity index is 943. The summed E-state index contributed by atoms with van der Waals surface area (Å²) in [6, 6.07) is 10.9. The van der Waals surface area contributed by atoms with Crippen molar-refractivity contribution >= 4 is 46.0 Å². The molecule has 0 radical (unpaired) electrons. The molecule has 0 aliphatic heterocycles. The summed E-state index contributed by atoms with van der Waals surface area (Å²) in [4.78, 5) is 22.5. The van der Waals surface area contributed by atoms with Crippen LogP contribution in [0.5, 0.6) is 0 Å². The number of aromatic nitrogens is 2. The molecule has 1 amide bonds. The van der Waals surface area contributed by atoms with E-state index >= 15 is 0 Å². The normalized spacial score (nSPS) is 10.8. The quantitative estimate of drug-likeness (QED) is 0.679. The van der Waals surface area contributed by atoms with Gasteiger partial charge in [0.15, 0.2) is 0 Å². The van der Waals surface area contributed by atoms with Crippen molar-refractivity contribution in [1.82, 2.24) is 9.97 Å². The molecule has 0 bridgehead atoms. The van der Waals surface area contributed by atoms with E-state index in [4.69, 9.17) is 11.6 Å². The molecule has 2 aromatic carbocycles. The summed E-state index contributed by atoms with van der Waals surface area (Å²) in [7, 11) is 0. The molecule has 0 aliphatic carbocycles. The maximum absolute atomic E-state index is 12.5. The Labute approximate surface area is 149 Å². The number of fused-ring (bicyclic) bond motifs is 1. The Morgan fingerprint density at radius 3 is 2.46 bits per heavy atom. The largest absolute Gasteiger partial charge is 0.322 e. The highest BCUT2D eigenvalue weighted by Crippen LogP contribution is 2.24. The monoisotopic (exact) mass is 357 g/mol. The first-order valence-electron chi connectivity index (χ1n) is 7.38. The molecule has 6 heteroatoms. The molecule has 3 aromatic rings. The lowest BCUT2D eigenvalue weighted by Crippen LogP contribution is -2.12. The minimum atomic E-state index is -0.243. The van der Waals surface area contributed by atoms with E-state index in [1.807, 2.05) is 44.4 Å². The van der Waals surface area contributed by atoms with Gasteiger partial charge in [0.05, 0.1) is 33.0 Å². The highest BCUT2D eigenvalue weighted by Gasteiger charge is 2.12. The highest BCUT2D eigenvalue weighted by molar-refractivity contribution is 7.98. The van der Waals surface area contributed by atoms with Gasteiger partial charge >= 0.3 is 0 Å². The molecule has 4 nitrogen and oxygen atoms in total. The minimum absolute atomic E-state index is 0.243. The topological polar surface area (TPSA) is 54.9 Å². The number of carbonyl (C=O) groups is 1.